The van der Waals surface area contributed by atoms with Gasteiger partial charge in [0.15, 0.2) is 5.94 Å². The minimum atomic E-state index is -0.362. The molecule has 0 bridgehead atoms. The summed E-state index contributed by atoms with van der Waals surface area (Å²) in [4.78, 5) is 26.9. The van der Waals surface area contributed by atoms with Gasteiger partial charge in [-0.3, -0.25) is 4.79 Å². The van der Waals surface area contributed by atoms with Gasteiger partial charge in [-0.05, 0) is 20.3 Å². The lowest BCUT2D eigenvalue weighted by molar-refractivity contribution is -0.142. The number of nitrogens with one attached hydrogen (secondary N) is 1. The SMILES string of the molecule is CCCCC1=NC(C)=C(CC(=O)OCC)C(=C=O)N1. The zero-order valence-corrected chi connectivity index (χ0v) is 11.7. The number of nitrogens with zero attached hydrogens (tertiary/aromatic N) is 1. The molecular formula is C14H20N2O3. The highest BCUT2D eigenvalue weighted by Crippen LogP contribution is 2.21. The smallest absolute Gasteiger partial charge is 0.310 e. The Morgan fingerprint density at radius 2 is 2.16 bits per heavy atom. The third kappa shape index (κ3) is 4.38. The van der Waals surface area contributed by atoms with Crippen molar-refractivity contribution in [1.29, 1.82) is 0 Å². The number of unbranched alkanes of at least 4 members (excludes halogenated alkanes) is 1. The highest BCUT2D eigenvalue weighted by molar-refractivity contribution is 5.90. The summed E-state index contributed by atoms with van der Waals surface area (Å²) in [5.74, 6) is 2.24. The summed E-state index contributed by atoms with van der Waals surface area (Å²) in [6.07, 6.45) is 2.88. The normalized spacial score (nSPS) is 14.7. The van der Waals surface area contributed by atoms with Crippen LogP contribution < -0.4 is 5.32 Å². The maximum absolute atomic E-state index is 11.5. The standard InChI is InChI=1S/C14H20N2O3/c1-4-6-7-13-15-10(3)11(12(9-17)16-13)8-14(18)19-5-2/h4-8H2,1-3H3,(H,15,16). The lowest BCUT2D eigenvalue weighted by atomic mass is 10.1. The van der Waals surface area contributed by atoms with E-state index in [1.54, 1.807) is 13.8 Å². The van der Waals surface area contributed by atoms with E-state index in [1.165, 1.54) is 0 Å². The van der Waals surface area contributed by atoms with Crippen LogP contribution in [0.1, 0.15) is 46.5 Å². The molecule has 0 saturated heterocycles. The molecule has 19 heavy (non-hydrogen) atoms. The van der Waals surface area contributed by atoms with E-state index < -0.39 is 0 Å². The van der Waals surface area contributed by atoms with Crippen LogP contribution in [0.5, 0.6) is 0 Å². The van der Waals surface area contributed by atoms with Gasteiger partial charge in [0, 0.05) is 17.7 Å². The van der Waals surface area contributed by atoms with Crippen LogP contribution in [0.4, 0.5) is 0 Å². The molecule has 5 nitrogen and oxygen atoms in total. The molecule has 0 spiro atoms. The topological polar surface area (TPSA) is 67.8 Å². The average Bonchev–Trinajstić information content (AvgIpc) is 2.39. The summed E-state index contributed by atoms with van der Waals surface area (Å²) in [5.41, 5.74) is 1.54. The molecule has 1 rings (SSSR count). The Kier molecular flexibility index (Phi) is 6.03. The minimum Gasteiger partial charge on any atom is -0.466 e. The summed E-state index contributed by atoms with van der Waals surface area (Å²) >= 11 is 0. The van der Waals surface area contributed by atoms with Gasteiger partial charge in [-0.25, -0.2) is 9.79 Å². The van der Waals surface area contributed by atoms with Crippen molar-refractivity contribution in [2.75, 3.05) is 6.61 Å². The molecule has 0 fully saturated rings. The number of hydrogen-bond donors (Lipinski definition) is 1. The van der Waals surface area contributed by atoms with E-state index in [4.69, 9.17) is 4.74 Å². The van der Waals surface area contributed by atoms with Crippen molar-refractivity contribution in [1.82, 2.24) is 5.32 Å². The number of carbonyl (C=O) groups is 1. The van der Waals surface area contributed by atoms with Gasteiger partial charge >= 0.3 is 5.97 Å². The molecule has 104 valence electrons. The molecule has 5 heteroatoms. The Hall–Kier alpha value is -1.87. The van der Waals surface area contributed by atoms with Crippen LogP contribution in [0.2, 0.25) is 0 Å². The first kappa shape index (κ1) is 15.2. The number of aliphatic imine (C=N–C) groups is 1. The second kappa shape index (κ2) is 7.54. The first-order chi connectivity index (χ1) is 9.12. The zero-order chi connectivity index (χ0) is 14.3. The van der Waals surface area contributed by atoms with Gasteiger partial charge in [-0.1, -0.05) is 13.3 Å². The van der Waals surface area contributed by atoms with Gasteiger partial charge < -0.3 is 10.1 Å². The largest absolute Gasteiger partial charge is 0.466 e. The molecule has 0 amide bonds. The maximum Gasteiger partial charge on any atom is 0.310 e. The van der Waals surface area contributed by atoms with Crippen molar-refractivity contribution in [2.24, 2.45) is 4.99 Å². The second-order valence-corrected chi connectivity index (χ2v) is 4.31. The molecule has 0 aromatic rings. The van der Waals surface area contributed by atoms with Crippen LogP contribution in [-0.4, -0.2) is 24.4 Å². The molecular weight excluding hydrogens is 244 g/mol. The van der Waals surface area contributed by atoms with E-state index in [9.17, 15) is 9.59 Å². The van der Waals surface area contributed by atoms with Crippen LogP contribution in [0.3, 0.4) is 0 Å². The van der Waals surface area contributed by atoms with Crippen molar-refractivity contribution < 1.29 is 14.3 Å². The third-order valence-electron chi connectivity index (χ3n) is 2.81. The van der Waals surface area contributed by atoms with Gasteiger partial charge in [0.2, 0.25) is 0 Å². The van der Waals surface area contributed by atoms with Gasteiger partial charge in [0.25, 0.3) is 0 Å². The Labute approximate surface area is 113 Å². The van der Waals surface area contributed by atoms with Crippen molar-refractivity contribution in [3.63, 3.8) is 0 Å². The Bertz CT molecular complexity index is 457. The summed E-state index contributed by atoms with van der Waals surface area (Å²) in [5, 5.41) is 2.94. The molecule has 0 aromatic carbocycles. The number of amidine groups is 1. The van der Waals surface area contributed by atoms with E-state index in [0.717, 1.165) is 25.1 Å². The van der Waals surface area contributed by atoms with E-state index in [2.05, 4.69) is 17.2 Å². The molecule has 1 N–H and O–H groups in total. The van der Waals surface area contributed by atoms with E-state index in [1.807, 2.05) is 5.94 Å². The predicted molar refractivity (Wildman–Crippen MR) is 73.3 cm³/mol. The number of esters is 1. The Balaban J connectivity index is 2.89. The highest BCUT2D eigenvalue weighted by Gasteiger charge is 2.20. The lowest BCUT2D eigenvalue weighted by Gasteiger charge is -2.19. The molecule has 0 aliphatic carbocycles. The fraction of sp³-hybridized carbons (Fsp3) is 0.571. The Morgan fingerprint density at radius 3 is 2.74 bits per heavy atom. The first-order valence-corrected chi connectivity index (χ1v) is 6.57. The molecule has 1 heterocycles. The molecule has 1 aliphatic rings. The van der Waals surface area contributed by atoms with E-state index in [0.29, 0.717) is 23.6 Å². The predicted octanol–water partition coefficient (Wildman–Crippen LogP) is 2.12. The summed E-state index contributed by atoms with van der Waals surface area (Å²) in [6, 6.07) is 0. The molecule has 0 radical (unpaired) electrons. The average molecular weight is 264 g/mol. The number of allylic oxidation sites excluding steroid dienone is 2. The van der Waals surface area contributed by atoms with Crippen molar-refractivity contribution in [2.45, 2.75) is 46.5 Å². The highest BCUT2D eigenvalue weighted by atomic mass is 16.5. The van der Waals surface area contributed by atoms with Crippen molar-refractivity contribution in [3.8, 4) is 0 Å². The van der Waals surface area contributed by atoms with Crippen molar-refractivity contribution >= 4 is 17.7 Å². The maximum atomic E-state index is 11.5. The molecule has 1 aliphatic heterocycles. The Morgan fingerprint density at radius 1 is 1.42 bits per heavy atom. The van der Waals surface area contributed by atoms with Crippen molar-refractivity contribution in [3.05, 3.63) is 17.0 Å². The summed E-state index contributed by atoms with van der Waals surface area (Å²) < 4.78 is 4.89. The number of carbonyl (C=O) groups excluding carboxylic acids is 2. The molecule has 0 atom stereocenters. The first-order valence-electron chi connectivity index (χ1n) is 6.57. The molecule has 0 aromatic heterocycles. The lowest BCUT2D eigenvalue weighted by Crippen LogP contribution is -2.29. The quantitative estimate of drug-likeness (QED) is 0.589. The van der Waals surface area contributed by atoms with Gasteiger partial charge in [0.05, 0.1) is 13.0 Å². The summed E-state index contributed by atoms with van der Waals surface area (Å²) in [7, 11) is 0. The fourth-order valence-electron chi connectivity index (χ4n) is 1.82. The van der Waals surface area contributed by atoms with Crippen LogP contribution >= 0.6 is 0 Å². The van der Waals surface area contributed by atoms with Crippen LogP contribution in [-0.2, 0) is 14.3 Å². The monoisotopic (exact) mass is 264 g/mol. The summed E-state index contributed by atoms with van der Waals surface area (Å²) in [6.45, 7) is 5.95. The van der Waals surface area contributed by atoms with Crippen LogP contribution in [0.25, 0.3) is 0 Å². The van der Waals surface area contributed by atoms with Crippen LogP contribution in [0.15, 0.2) is 22.0 Å². The second-order valence-electron chi connectivity index (χ2n) is 4.31. The van der Waals surface area contributed by atoms with Crippen LogP contribution in [0, 0.1) is 0 Å². The van der Waals surface area contributed by atoms with E-state index >= 15 is 0 Å². The molecule has 0 unspecified atom stereocenters. The number of ether oxygens (including phenoxy) is 1. The van der Waals surface area contributed by atoms with Gasteiger partial charge in [0.1, 0.15) is 11.5 Å². The third-order valence-corrected chi connectivity index (χ3v) is 2.81. The number of hydrogen-bond acceptors (Lipinski definition) is 5. The minimum absolute atomic E-state index is 0.0435. The zero-order valence-electron chi connectivity index (χ0n) is 11.7. The van der Waals surface area contributed by atoms with Gasteiger partial charge in [-0.2, -0.15) is 0 Å². The molecule has 0 saturated carbocycles. The fourth-order valence-corrected chi connectivity index (χ4v) is 1.82. The van der Waals surface area contributed by atoms with E-state index in [-0.39, 0.29) is 12.4 Å². The van der Waals surface area contributed by atoms with Gasteiger partial charge in [-0.15, -0.1) is 0 Å². The number of rotatable bonds is 6.